The third-order valence-electron chi connectivity index (χ3n) is 6.24. The van der Waals surface area contributed by atoms with Crippen LogP contribution in [-0.4, -0.2) is 57.1 Å². The van der Waals surface area contributed by atoms with Crippen molar-refractivity contribution < 1.29 is 9.59 Å². The van der Waals surface area contributed by atoms with Gasteiger partial charge < -0.3 is 9.80 Å². The van der Waals surface area contributed by atoms with E-state index in [2.05, 4.69) is 10.00 Å². The number of rotatable bonds is 5. The van der Waals surface area contributed by atoms with Gasteiger partial charge in [-0.25, -0.2) is 0 Å². The first-order valence-corrected chi connectivity index (χ1v) is 10.3. The molecule has 1 aromatic heterocycles. The quantitative estimate of drug-likeness (QED) is 0.811. The number of aryl methyl sites for hydroxylation is 1. The average Bonchev–Trinajstić information content (AvgIpc) is 3.41. The molecule has 2 saturated heterocycles. The zero-order chi connectivity index (χ0) is 17.9. The molecule has 2 amide bonds. The van der Waals surface area contributed by atoms with Crippen LogP contribution in [0.5, 0.6) is 0 Å². The maximum atomic E-state index is 13.1. The molecule has 6 nitrogen and oxygen atoms in total. The van der Waals surface area contributed by atoms with Crippen molar-refractivity contribution in [2.45, 2.75) is 64.0 Å². The third kappa shape index (κ3) is 3.94. The van der Waals surface area contributed by atoms with Crippen LogP contribution in [0.15, 0.2) is 18.5 Å². The van der Waals surface area contributed by atoms with Crippen molar-refractivity contribution in [3.63, 3.8) is 0 Å². The van der Waals surface area contributed by atoms with Crippen LogP contribution < -0.4 is 0 Å². The zero-order valence-electron chi connectivity index (χ0n) is 15.6. The average molecular weight is 358 g/mol. The highest BCUT2D eigenvalue weighted by Gasteiger charge is 2.38. The molecule has 4 rings (SSSR count). The fraction of sp³-hybridized carbons (Fsp3) is 0.750. The van der Waals surface area contributed by atoms with Crippen LogP contribution in [0.3, 0.4) is 0 Å². The van der Waals surface area contributed by atoms with Crippen molar-refractivity contribution in [2.24, 2.45) is 11.8 Å². The third-order valence-corrected chi connectivity index (χ3v) is 6.24. The maximum Gasteiger partial charge on any atom is 0.226 e. The second-order valence-electron chi connectivity index (χ2n) is 8.11. The first kappa shape index (κ1) is 17.6. The number of hydrogen-bond acceptors (Lipinski definition) is 3. The SMILES string of the molecule is O=C(C1CC1)N1CCC(C(=O)N2CCCC[C@H]2CCn2cccn2)CC1. The van der Waals surface area contributed by atoms with Crippen molar-refractivity contribution in [1.82, 2.24) is 19.6 Å². The van der Waals surface area contributed by atoms with Crippen molar-refractivity contribution in [2.75, 3.05) is 19.6 Å². The van der Waals surface area contributed by atoms with Crippen LogP contribution in [0.25, 0.3) is 0 Å². The van der Waals surface area contributed by atoms with E-state index in [4.69, 9.17) is 0 Å². The van der Waals surface area contributed by atoms with Gasteiger partial charge in [-0.1, -0.05) is 0 Å². The molecule has 1 aromatic rings. The minimum Gasteiger partial charge on any atom is -0.342 e. The van der Waals surface area contributed by atoms with Crippen molar-refractivity contribution in [3.8, 4) is 0 Å². The van der Waals surface area contributed by atoms with E-state index in [0.29, 0.717) is 17.9 Å². The molecular formula is C20H30N4O2. The molecule has 3 aliphatic rings. The number of hydrogen-bond donors (Lipinski definition) is 0. The molecule has 0 spiro atoms. The van der Waals surface area contributed by atoms with E-state index in [1.54, 1.807) is 6.20 Å². The van der Waals surface area contributed by atoms with Crippen LogP contribution >= 0.6 is 0 Å². The topological polar surface area (TPSA) is 58.4 Å². The van der Waals surface area contributed by atoms with Gasteiger partial charge in [-0.05, 0) is 57.4 Å². The van der Waals surface area contributed by atoms with Crippen molar-refractivity contribution in [3.05, 3.63) is 18.5 Å². The number of amides is 2. The van der Waals surface area contributed by atoms with Gasteiger partial charge in [-0.15, -0.1) is 0 Å². The number of aromatic nitrogens is 2. The highest BCUT2D eigenvalue weighted by molar-refractivity contribution is 5.82. The summed E-state index contributed by atoms with van der Waals surface area (Å²) < 4.78 is 1.96. The van der Waals surface area contributed by atoms with Gasteiger partial charge >= 0.3 is 0 Å². The summed E-state index contributed by atoms with van der Waals surface area (Å²) in [4.78, 5) is 29.5. The Morgan fingerprint density at radius 2 is 1.69 bits per heavy atom. The highest BCUT2D eigenvalue weighted by atomic mass is 16.2. The van der Waals surface area contributed by atoms with Gasteiger partial charge in [-0.3, -0.25) is 14.3 Å². The molecule has 142 valence electrons. The molecule has 26 heavy (non-hydrogen) atoms. The summed E-state index contributed by atoms with van der Waals surface area (Å²) in [6, 6.07) is 2.28. The molecule has 0 unspecified atom stereocenters. The lowest BCUT2D eigenvalue weighted by Crippen LogP contribution is -2.49. The lowest BCUT2D eigenvalue weighted by atomic mass is 9.91. The monoisotopic (exact) mass is 358 g/mol. The Kier molecular flexibility index (Phi) is 5.27. The summed E-state index contributed by atoms with van der Waals surface area (Å²) in [6.07, 6.45) is 12.0. The van der Waals surface area contributed by atoms with E-state index < -0.39 is 0 Å². The fourth-order valence-corrected chi connectivity index (χ4v) is 4.47. The van der Waals surface area contributed by atoms with E-state index >= 15 is 0 Å². The Hall–Kier alpha value is -1.85. The van der Waals surface area contributed by atoms with Gasteiger partial charge in [0.25, 0.3) is 0 Å². The molecule has 1 aliphatic carbocycles. The summed E-state index contributed by atoms with van der Waals surface area (Å²) in [5, 5.41) is 4.28. The van der Waals surface area contributed by atoms with E-state index in [0.717, 1.165) is 71.1 Å². The number of piperidine rings is 2. The predicted molar refractivity (Wildman–Crippen MR) is 98.2 cm³/mol. The Balaban J connectivity index is 1.31. The molecule has 1 atom stereocenters. The Bertz CT molecular complexity index is 618. The standard InChI is InChI=1S/C20H30N4O2/c25-19(16-5-6-16)22-13-7-17(8-14-22)20(26)24-12-2-1-4-18(24)9-15-23-11-3-10-21-23/h3,10-11,16-18H,1-2,4-9,12-15H2/t18-/m0/s1. The Morgan fingerprint density at radius 1 is 0.923 bits per heavy atom. The molecule has 2 aliphatic heterocycles. The minimum absolute atomic E-state index is 0.101. The van der Waals surface area contributed by atoms with E-state index in [-0.39, 0.29) is 11.8 Å². The Labute approximate surface area is 155 Å². The van der Waals surface area contributed by atoms with Crippen molar-refractivity contribution in [1.29, 1.82) is 0 Å². The van der Waals surface area contributed by atoms with E-state index in [1.807, 2.05) is 21.8 Å². The molecule has 3 heterocycles. The van der Waals surface area contributed by atoms with Gasteiger partial charge in [0.15, 0.2) is 0 Å². The largest absolute Gasteiger partial charge is 0.342 e. The Morgan fingerprint density at radius 3 is 2.38 bits per heavy atom. The summed E-state index contributed by atoms with van der Waals surface area (Å²) in [5.74, 6) is 1.04. The summed E-state index contributed by atoms with van der Waals surface area (Å²) >= 11 is 0. The van der Waals surface area contributed by atoms with Crippen LogP contribution in [0.4, 0.5) is 0 Å². The van der Waals surface area contributed by atoms with Gasteiger partial charge in [0.05, 0.1) is 0 Å². The van der Waals surface area contributed by atoms with Crippen LogP contribution in [0, 0.1) is 11.8 Å². The lowest BCUT2D eigenvalue weighted by Gasteiger charge is -2.40. The highest BCUT2D eigenvalue weighted by Crippen LogP contribution is 2.33. The van der Waals surface area contributed by atoms with Crippen LogP contribution in [0.1, 0.15) is 51.4 Å². The first-order valence-electron chi connectivity index (χ1n) is 10.3. The predicted octanol–water partition coefficient (Wildman–Crippen LogP) is 2.30. The molecule has 0 aromatic carbocycles. The maximum absolute atomic E-state index is 13.1. The smallest absolute Gasteiger partial charge is 0.226 e. The van der Waals surface area contributed by atoms with Gasteiger partial charge in [0, 0.05) is 56.5 Å². The number of likely N-dealkylation sites (tertiary alicyclic amines) is 2. The molecule has 6 heteroatoms. The van der Waals surface area contributed by atoms with Gasteiger partial charge in [-0.2, -0.15) is 5.10 Å². The van der Waals surface area contributed by atoms with Gasteiger partial charge in [0.2, 0.25) is 11.8 Å². The molecule has 0 radical (unpaired) electrons. The lowest BCUT2D eigenvalue weighted by molar-refractivity contribution is -0.144. The number of nitrogens with zero attached hydrogens (tertiary/aromatic N) is 4. The molecule has 0 N–H and O–H groups in total. The summed E-state index contributed by atoms with van der Waals surface area (Å²) in [5.41, 5.74) is 0. The fourth-order valence-electron chi connectivity index (χ4n) is 4.47. The summed E-state index contributed by atoms with van der Waals surface area (Å²) in [6.45, 7) is 3.29. The van der Waals surface area contributed by atoms with E-state index in [9.17, 15) is 9.59 Å². The summed E-state index contributed by atoms with van der Waals surface area (Å²) in [7, 11) is 0. The van der Waals surface area contributed by atoms with Crippen molar-refractivity contribution >= 4 is 11.8 Å². The normalized spacial score (nSPS) is 24.7. The zero-order valence-corrected chi connectivity index (χ0v) is 15.6. The van der Waals surface area contributed by atoms with Gasteiger partial charge in [0.1, 0.15) is 0 Å². The first-order chi connectivity index (χ1) is 12.7. The minimum atomic E-state index is 0.101. The second kappa shape index (κ2) is 7.80. The number of carbonyl (C=O) groups is 2. The molecular weight excluding hydrogens is 328 g/mol. The second-order valence-corrected chi connectivity index (χ2v) is 8.11. The number of carbonyl (C=O) groups excluding carboxylic acids is 2. The molecule has 0 bridgehead atoms. The van der Waals surface area contributed by atoms with Crippen LogP contribution in [0.2, 0.25) is 0 Å². The van der Waals surface area contributed by atoms with E-state index in [1.165, 1.54) is 6.42 Å². The van der Waals surface area contributed by atoms with Crippen LogP contribution in [-0.2, 0) is 16.1 Å². The molecule has 3 fully saturated rings. The molecule has 1 saturated carbocycles.